The molecule has 0 aromatic carbocycles. The van der Waals surface area contributed by atoms with E-state index >= 15 is 0 Å². The van der Waals surface area contributed by atoms with Crippen LogP contribution in [0.1, 0.15) is 25.7 Å². The van der Waals surface area contributed by atoms with Crippen LogP contribution in [0.2, 0.25) is 0 Å². The summed E-state index contributed by atoms with van der Waals surface area (Å²) in [5, 5.41) is 0.631. The Labute approximate surface area is 96.0 Å². The van der Waals surface area contributed by atoms with E-state index in [0.717, 1.165) is 13.0 Å². The van der Waals surface area contributed by atoms with Crippen molar-refractivity contribution in [2.75, 3.05) is 20.2 Å². The molecule has 1 rings (SSSR count). The Hall–Kier alpha value is -0.540. The normalized spacial score (nSPS) is 22.4. The first-order valence-electron chi connectivity index (χ1n) is 5.27. The maximum Gasteiger partial charge on any atom is 0.307 e. The van der Waals surface area contributed by atoms with Gasteiger partial charge in [-0.25, -0.2) is 0 Å². The summed E-state index contributed by atoms with van der Waals surface area (Å²) in [6, 6.07) is 0.265. The summed E-state index contributed by atoms with van der Waals surface area (Å²) in [6.07, 6.45) is 3.84. The summed E-state index contributed by atoms with van der Waals surface area (Å²) in [4.78, 5) is 13.4. The van der Waals surface area contributed by atoms with Crippen LogP contribution in [-0.2, 0) is 9.53 Å². The molecule has 0 saturated carbocycles. The largest absolute Gasteiger partial charge is 0.469 e. The fourth-order valence-electron chi connectivity index (χ4n) is 2.00. The maximum absolute atomic E-state index is 11.2. The zero-order valence-corrected chi connectivity index (χ0v) is 9.92. The van der Waals surface area contributed by atoms with Crippen LogP contribution >= 0.6 is 11.6 Å². The lowest BCUT2D eigenvalue weighted by Crippen LogP contribution is -2.41. The quantitative estimate of drug-likeness (QED) is 0.695. The molecule has 1 fully saturated rings. The van der Waals surface area contributed by atoms with Gasteiger partial charge in [0.25, 0.3) is 0 Å². The van der Waals surface area contributed by atoms with E-state index < -0.39 is 0 Å². The molecule has 1 saturated heterocycles. The molecule has 0 aromatic heterocycles. The van der Waals surface area contributed by atoms with E-state index in [1.54, 1.807) is 0 Å². The van der Waals surface area contributed by atoms with E-state index in [1.165, 1.54) is 20.0 Å². The topological polar surface area (TPSA) is 29.5 Å². The minimum atomic E-state index is -0.146. The Morgan fingerprint density at radius 2 is 2.33 bits per heavy atom. The second-order valence-electron chi connectivity index (χ2n) is 3.92. The van der Waals surface area contributed by atoms with Crippen molar-refractivity contribution in [2.24, 2.45) is 0 Å². The molecule has 3 nitrogen and oxygen atoms in total. The number of esters is 1. The number of carbonyl (C=O) groups is 1. The van der Waals surface area contributed by atoms with E-state index in [2.05, 4.69) is 16.2 Å². The van der Waals surface area contributed by atoms with Gasteiger partial charge in [-0.15, -0.1) is 0 Å². The number of nitrogens with zero attached hydrogens (tertiary/aromatic N) is 1. The summed E-state index contributed by atoms with van der Waals surface area (Å²) < 4.78 is 4.69. The van der Waals surface area contributed by atoms with Gasteiger partial charge in [-0.3, -0.25) is 9.69 Å². The Bertz CT molecular complexity index is 243. The Morgan fingerprint density at radius 1 is 1.60 bits per heavy atom. The molecule has 0 spiro atoms. The van der Waals surface area contributed by atoms with Crippen molar-refractivity contribution in [3.63, 3.8) is 0 Å². The van der Waals surface area contributed by atoms with E-state index in [9.17, 15) is 4.79 Å². The van der Waals surface area contributed by atoms with Gasteiger partial charge in [-0.05, 0) is 19.4 Å². The van der Waals surface area contributed by atoms with Crippen LogP contribution in [0.15, 0.2) is 11.6 Å². The zero-order valence-electron chi connectivity index (χ0n) is 9.17. The molecular formula is C11H18ClNO2. The minimum Gasteiger partial charge on any atom is -0.469 e. The summed E-state index contributed by atoms with van der Waals surface area (Å²) in [7, 11) is 1.43. The molecule has 0 N–H and O–H groups in total. The fraction of sp³-hybridized carbons (Fsp3) is 0.727. The number of halogens is 1. The molecule has 0 radical (unpaired) electrons. The predicted octanol–water partition coefficient (Wildman–Crippen LogP) is 2.16. The van der Waals surface area contributed by atoms with Crippen molar-refractivity contribution < 1.29 is 9.53 Å². The van der Waals surface area contributed by atoms with Gasteiger partial charge in [0.1, 0.15) is 0 Å². The number of rotatable bonds is 4. The average molecular weight is 232 g/mol. The van der Waals surface area contributed by atoms with E-state index in [1.807, 2.05) is 0 Å². The molecule has 1 aliphatic heterocycles. The number of carbonyl (C=O) groups excluding carboxylic acids is 1. The van der Waals surface area contributed by atoms with Gasteiger partial charge in [0.05, 0.1) is 13.5 Å². The van der Waals surface area contributed by atoms with Gasteiger partial charge in [-0.2, -0.15) is 0 Å². The van der Waals surface area contributed by atoms with E-state index in [4.69, 9.17) is 11.6 Å². The van der Waals surface area contributed by atoms with Crippen molar-refractivity contribution in [1.29, 1.82) is 0 Å². The second kappa shape index (κ2) is 6.13. The first-order valence-corrected chi connectivity index (χ1v) is 5.65. The van der Waals surface area contributed by atoms with Crippen LogP contribution in [0, 0.1) is 0 Å². The summed E-state index contributed by atoms with van der Waals surface area (Å²) in [6.45, 7) is 5.35. The van der Waals surface area contributed by atoms with Crippen molar-refractivity contribution in [3.05, 3.63) is 11.6 Å². The van der Waals surface area contributed by atoms with Gasteiger partial charge in [0, 0.05) is 17.6 Å². The number of likely N-dealkylation sites (tertiary alicyclic amines) is 1. The molecule has 1 atom stereocenters. The molecular weight excluding hydrogens is 214 g/mol. The number of piperidine rings is 1. The minimum absolute atomic E-state index is 0.146. The summed E-state index contributed by atoms with van der Waals surface area (Å²) >= 11 is 5.79. The Morgan fingerprint density at radius 3 is 2.93 bits per heavy atom. The SMILES string of the molecule is C=C(Cl)CN1CCCCC1CC(=O)OC. The zero-order chi connectivity index (χ0) is 11.3. The lowest BCUT2D eigenvalue weighted by atomic mass is 9.99. The highest BCUT2D eigenvalue weighted by Crippen LogP contribution is 2.21. The highest BCUT2D eigenvalue weighted by atomic mass is 35.5. The van der Waals surface area contributed by atoms with Gasteiger partial charge in [0.15, 0.2) is 0 Å². The van der Waals surface area contributed by atoms with Gasteiger partial charge in [-0.1, -0.05) is 24.6 Å². The first-order chi connectivity index (χ1) is 7.13. The molecule has 0 aromatic rings. The van der Waals surface area contributed by atoms with Gasteiger partial charge < -0.3 is 4.74 Å². The standard InChI is InChI=1S/C11H18ClNO2/c1-9(12)8-13-6-4-3-5-10(13)7-11(14)15-2/h10H,1,3-8H2,2H3. The predicted molar refractivity (Wildman–Crippen MR) is 60.8 cm³/mol. The van der Waals surface area contributed by atoms with Crippen molar-refractivity contribution in [1.82, 2.24) is 4.90 Å². The van der Waals surface area contributed by atoms with E-state index in [-0.39, 0.29) is 12.0 Å². The first kappa shape index (κ1) is 12.5. The molecule has 0 aliphatic carbocycles. The van der Waals surface area contributed by atoms with Crippen LogP contribution < -0.4 is 0 Å². The van der Waals surface area contributed by atoms with Crippen molar-refractivity contribution in [3.8, 4) is 0 Å². The lowest BCUT2D eigenvalue weighted by Gasteiger charge is -2.34. The monoisotopic (exact) mass is 231 g/mol. The number of methoxy groups -OCH3 is 1. The third-order valence-corrected chi connectivity index (χ3v) is 2.87. The van der Waals surface area contributed by atoms with Crippen molar-refractivity contribution in [2.45, 2.75) is 31.7 Å². The Kier molecular flexibility index (Phi) is 5.12. The molecule has 0 amide bonds. The number of ether oxygens (including phenoxy) is 1. The third-order valence-electron chi connectivity index (χ3n) is 2.75. The Balaban J connectivity index is 2.49. The van der Waals surface area contributed by atoms with Gasteiger partial charge in [0.2, 0.25) is 0 Å². The van der Waals surface area contributed by atoms with Crippen LogP contribution in [-0.4, -0.2) is 37.1 Å². The third kappa shape index (κ3) is 4.22. The lowest BCUT2D eigenvalue weighted by molar-refractivity contribution is -0.142. The van der Waals surface area contributed by atoms with Gasteiger partial charge >= 0.3 is 5.97 Å². The molecule has 1 unspecified atom stereocenters. The van der Waals surface area contributed by atoms with Crippen LogP contribution in [0.5, 0.6) is 0 Å². The number of hydrogen-bond acceptors (Lipinski definition) is 3. The summed E-state index contributed by atoms with van der Waals surface area (Å²) in [5.41, 5.74) is 0. The molecule has 15 heavy (non-hydrogen) atoms. The fourth-order valence-corrected chi connectivity index (χ4v) is 2.15. The molecule has 4 heteroatoms. The second-order valence-corrected chi connectivity index (χ2v) is 4.45. The molecule has 86 valence electrons. The average Bonchev–Trinajstić information content (AvgIpc) is 2.20. The molecule has 1 aliphatic rings. The summed E-state index contributed by atoms with van der Waals surface area (Å²) in [5.74, 6) is -0.146. The molecule has 0 bridgehead atoms. The van der Waals surface area contributed by atoms with E-state index in [0.29, 0.717) is 18.0 Å². The van der Waals surface area contributed by atoms with Crippen molar-refractivity contribution >= 4 is 17.6 Å². The maximum atomic E-state index is 11.2. The van der Waals surface area contributed by atoms with Crippen LogP contribution in [0.25, 0.3) is 0 Å². The van der Waals surface area contributed by atoms with Crippen LogP contribution in [0.3, 0.4) is 0 Å². The number of hydrogen-bond donors (Lipinski definition) is 0. The highest BCUT2D eigenvalue weighted by Gasteiger charge is 2.24. The molecule has 1 heterocycles. The van der Waals surface area contributed by atoms with Crippen LogP contribution in [0.4, 0.5) is 0 Å². The highest BCUT2D eigenvalue weighted by molar-refractivity contribution is 6.29. The smallest absolute Gasteiger partial charge is 0.307 e.